The average molecular weight is 472 g/mol. The van der Waals surface area contributed by atoms with E-state index in [-0.39, 0.29) is 17.5 Å². The number of piperidine rings is 1. The number of alkyl halides is 3. The Morgan fingerprint density at radius 2 is 1.82 bits per heavy atom. The molecule has 0 atom stereocenters. The number of para-hydroxylation sites is 1. The molecule has 33 heavy (non-hydrogen) atoms. The Balaban J connectivity index is 1.27. The predicted molar refractivity (Wildman–Crippen MR) is 119 cm³/mol. The molecule has 7 nitrogen and oxygen atoms in total. The van der Waals surface area contributed by atoms with Crippen molar-refractivity contribution in [2.24, 2.45) is 5.92 Å². The smallest absolute Gasteiger partial charge is 0.355 e. The third kappa shape index (κ3) is 4.28. The van der Waals surface area contributed by atoms with Crippen molar-refractivity contribution in [3.05, 3.63) is 59.7 Å². The number of hydrogen-bond acceptors (Lipinski definition) is 6. The van der Waals surface area contributed by atoms with Crippen molar-refractivity contribution in [1.82, 2.24) is 19.8 Å². The Morgan fingerprint density at radius 1 is 1.03 bits per heavy atom. The van der Waals surface area contributed by atoms with Crippen molar-refractivity contribution in [2.75, 3.05) is 23.3 Å². The minimum absolute atomic E-state index is 0.0322. The lowest BCUT2D eigenvalue weighted by Gasteiger charge is -2.32. The van der Waals surface area contributed by atoms with Gasteiger partial charge in [0, 0.05) is 35.1 Å². The second-order valence-corrected chi connectivity index (χ2v) is 8.70. The number of nitrogens with one attached hydrogen (secondary N) is 1. The summed E-state index contributed by atoms with van der Waals surface area (Å²) in [5.74, 6) is -1.00. The number of anilines is 2. The van der Waals surface area contributed by atoms with Gasteiger partial charge in [0.25, 0.3) is 5.82 Å². The highest BCUT2D eigenvalue weighted by molar-refractivity contribution is 7.13. The molecule has 11 heteroatoms. The number of rotatable bonds is 4. The number of benzene rings is 1. The van der Waals surface area contributed by atoms with E-state index in [2.05, 4.69) is 20.6 Å². The number of aromatic nitrogens is 4. The minimum atomic E-state index is -4.64. The molecule has 170 valence electrons. The van der Waals surface area contributed by atoms with Crippen molar-refractivity contribution in [3.63, 3.8) is 0 Å². The third-order valence-electron chi connectivity index (χ3n) is 5.66. The highest BCUT2D eigenvalue weighted by Crippen LogP contribution is 2.33. The van der Waals surface area contributed by atoms with E-state index < -0.39 is 12.0 Å². The fourth-order valence-electron chi connectivity index (χ4n) is 3.97. The first-order chi connectivity index (χ1) is 15.9. The molecule has 1 aliphatic rings. The van der Waals surface area contributed by atoms with Gasteiger partial charge in [0.05, 0.1) is 0 Å². The number of fused-ring (bicyclic) bond motifs is 1. The highest BCUT2D eigenvalue weighted by atomic mass is 32.1. The van der Waals surface area contributed by atoms with Crippen molar-refractivity contribution >= 4 is 34.4 Å². The molecule has 1 fully saturated rings. The second kappa shape index (κ2) is 8.47. The number of thiophene rings is 1. The average Bonchev–Trinajstić information content (AvgIpc) is 3.49. The van der Waals surface area contributed by atoms with Gasteiger partial charge >= 0.3 is 6.18 Å². The van der Waals surface area contributed by atoms with Crippen LogP contribution in [0, 0.1) is 5.92 Å². The first-order valence-corrected chi connectivity index (χ1v) is 11.3. The number of nitrogens with zero attached hydrogens (tertiary/aromatic N) is 5. The van der Waals surface area contributed by atoms with E-state index in [1.807, 2.05) is 46.7 Å². The summed E-state index contributed by atoms with van der Waals surface area (Å²) in [4.78, 5) is 15.9. The number of amides is 1. The van der Waals surface area contributed by atoms with Gasteiger partial charge in [0.1, 0.15) is 5.82 Å². The summed E-state index contributed by atoms with van der Waals surface area (Å²) in [5, 5.41) is 15.9. The lowest BCUT2D eigenvalue weighted by molar-refractivity contribution is -0.146. The summed E-state index contributed by atoms with van der Waals surface area (Å²) in [6.07, 6.45) is -3.50. The Hall–Kier alpha value is -3.47. The normalized spacial score (nSPS) is 15.2. The van der Waals surface area contributed by atoms with Crippen molar-refractivity contribution < 1.29 is 18.0 Å². The van der Waals surface area contributed by atoms with Crippen LogP contribution in [0.3, 0.4) is 0 Å². The molecule has 1 aliphatic heterocycles. The van der Waals surface area contributed by atoms with Crippen molar-refractivity contribution in [2.45, 2.75) is 19.0 Å². The number of carbonyl (C=O) groups excluding carboxylic acids is 1. The standard InChI is InChI=1S/C22H19F3N6OS/c23-22(24,25)21-28-27-18-7-8-19(29-31(18)21)30-11-9-14(10-12-30)20(32)26-16-5-2-1-4-15(16)17-6-3-13-33-17/h1-8,13-14H,9-12H2,(H,26,32). The topological polar surface area (TPSA) is 75.4 Å². The minimum Gasteiger partial charge on any atom is -0.355 e. The van der Waals surface area contributed by atoms with E-state index in [1.54, 1.807) is 17.4 Å². The van der Waals surface area contributed by atoms with Crippen LogP contribution in [0.5, 0.6) is 0 Å². The zero-order valence-electron chi connectivity index (χ0n) is 17.3. The first kappa shape index (κ1) is 21.4. The Morgan fingerprint density at radius 3 is 2.55 bits per heavy atom. The maximum absolute atomic E-state index is 13.1. The van der Waals surface area contributed by atoms with E-state index in [0.717, 1.165) is 20.6 Å². The molecule has 0 unspecified atom stereocenters. The summed E-state index contributed by atoms with van der Waals surface area (Å²) in [6.45, 7) is 1.01. The van der Waals surface area contributed by atoms with Crippen LogP contribution < -0.4 is 10.2 Å². The molecule has 4 heterocycles. The van der Waals surface area contributed by atoms with Crippen molar-refractivity contribution in [3.8, 4) is 10.4 Å². The largest absolute Gasteiger partial charge is 0.453 e. The van der Waals surface area contributed by atoms with E-state index in [1.165, 1.54) is 6.07 Å². The molecule has 0 spiro atoms. The summed E-state index contributed by atoms with van der Waals surface area (Å²) in [5.41, 5.74) is 1.78. The Bertz CT molecular complexity index is 1280. The summed E-state index contributed by atoms with van der Waals surface area (Å²) in [7, 11) is 0. The van der Waals surface area contributed by atoms with Crippen LogP contribution in [-0.2, 0) is 11.0 Å². The lowest BCUT2D eigenvalue weighted by Crippen LogP contribution is -2.38. The summed E-state index contributed by atoms with van der Waals surface area (Å²) in [6, 6.07) is 14.8. The fraction of sp³-hybridized carbons (Fsp3) is 0.273. The molecule has 1 aromatic carbocycles. The van der Waals surface area contributed by atoms with E-state index in [9.17, 15) is 18.0 Å². The zero-order valence-corrected chi connectivity index (χ0v) is 18.1. The summed E-state index contributed by atoms with van der Waals surface area (Å²) >= 11 is 1.61. The van der Waals surface area contributed by atoms with Crippen LogP contribution in [0.15, 0.2) is 53.9 Å². The van der Waals surface area contributed by atoms with Crippen LogP contribution in [0.4, 0.5) is 24.7 Å². The monoisotopic (exact) mass is 472 g/mol. The molecule has 4 aromatic rings. The van der Waals surface area contributed by atoms with Gasteiger partial charge in [-0.3, -0.25) is 4.79 Å². The molecule has 0 radical (unpaired) electrons. The molecule has 0 aliphatic carbocycles. The molecule has 1 amide bonds. The molecule has 3 aromatic heterocycles. The van der Waals surface area contributed by atoms with Gasteiger partial charge in [-0.05, 0) is 42.5 Å². The van der Waals surface area contributed by atoms with Gasteiger partial charge < -0.3 is 10.2 Å². The van der Waals surface area contributed by atoms with E-state index in [4.69, 9.17) is 0 Å². The van der Waals surface area contributed by atoms with Crippen LogP contribution in [-0.4, -0.2) is 38.8 Å². The van der Waals surface area contributed by atoms with Gasteiger partial charge in [-0.2, -0.15) is 17.7 Å². The quantitative estimate of drug-likeness (QED) is 0.465. The van der Waals surface area contributed by atoms with Crippen LogP contribution >= 0.6 is 11.3 Å². The van der Waals surface area contributed by atoms with Gasteiger partial charge in [0.15, 0.2) is 5.65 Å². The fourth-order valence-corrected chi connectivity index (χ4v) is 4.73. The van der Waals surface area contributed by atoms with Gasteiger partial charge in [-0.15, -0.1) is 26.6 Å². The molecule has 1 N–H and O–H groups in total. The van der Waals surface area contributed by atoms with Crippen LogP contribution in [0.1, 0.15) is 18.7 Å². The maximum atomic E-state index is 13.1. The SMILES string of the molecule is O=C(Nc1ccccc1-c1cccs1)C1CCN(c2ccc3nnc(C(F)(F)F)n3n2)CC1. The molecule has 0 saturated carbocycles. The Labute approximate surface area is 190 Å². The van der Waals surface area contributed by atoms with Crippen LogP contribution in [0.25, 0.3) is 16.1 Å². The maximum Gasteiger partial charge on any atom is 0.453 e. The number of hydrogen-bond donors (Lipinski definition) is 1. The third-order valence-corrected chi connectivity index (χ3v) is 6.57. The Kier molecular flexibility index (Phi) is 5.49. The van der Waals surface area contributed by atoms with Crippen molar-refractivity contribution in [1.29, 1.82) is 0 Å². The van der Waals surface area contributed by atoms with Gasteiger partial charge in [0.2, 0.25) is 5.91 Å². The number of carbonyl (C=O) groups is 1. The highest BCUT2D eigenvalue weighted by Gasteiger charge is 2.38. The molecule has 1 saturated heterocycles. The molecule has 0 bridgehead atoms. The number of halogens is 3. The van der Waals surface area contributed by atoms with E-state index in [0.29, 0.717) is 31.7 Å². The lowest BCUT2D eigenvalue weighted by atomic mass is 9.95. The first-order valence-electron chi connectivity index (χ1n) is 10.4. The molecular weight excluding hydrogens is 453 g/mol. The van der Waals surface area contributed by atoms with Crippen LogP contribution in [0.2, 0.25) is 0 Å². The predicted octanol–water partition coefficient (Wildman–Crippen LogP) is 4.73. The van der Waals surface area contributed by atoms with Gasteiger partial charge in [-0.1, -0.05) is 24.3 Å². The molecule has 5 rings (SSSR count). The zero-order chi connectivity index (χ0) is 23.0. The molecular formula is C22H19F3N6OS. The second-order valence-electron chi connectivity index (χ2n) is 7.76. The van der Waals surface area contributed by atoms with E-state index >= 15 is 0 Å². The van der Waals surface area contributed by atoms with Gasteiger partial charge in [-0.25, -0.2) is 0 Å². The summed E-state index contributed by atoms with van der Waals surface area (Å²) < 4.78 is 40.1.